The van der Waals surface area contributed by atoms with Crippen LogP contribution in [0.3, 0.4) is 0 Å². The van der Waals surface area contributed by atoms with Crippen LogP contribution in [0.25, 0.3) is 10.9 Å². The molecular weight excluding hydrogens is 274 g/mol. The third-order valence-electron chi connectivity index (χ3n) is 3.65. The summed E-state index contributed by atoms with van der Waals surface area (Å²) in [6.07, 6.45) is 1.91. The number of aromatic nitrogens is 1. The Morgan fingerprint density at radius 2 is 2.00 bits per heavy atom. The van der Waals surface area contributed by atoms with Crippen LogP contribution in [0.2, 0.25) is 0 Å². The van der Waals surface area contributed by atoms with Crippen molar-refractivity contribution in [3.63, 3.8) is 0 Å². The maximum Gasteiger partial charge on any atom is 0.243 e. The van der Waals surface area contributed by atoms with Gasteiger partial charge < -0.3 is 5.32 Å². The van der Waals surface area contributed by atoms with E-state index in [-0.39, 0.29) is 6.04 Å². The van der Waals surface area contributed by atoms with Gasteiger partial charge in [0.25, 0.3) is 0 Å². The maximum atomic E-state index is 12.5. The van der Waals surface area contributed by atoms with Gasteiger partial charge in [0.15, 0.2) is 0 Å². The second-order valence-electron chi connectivity index (χ2n) is 5.05. The van der Waals surface area contributed by atoms with Gasteiger partial charge in [-0.1, -0.05) is 0 Å². The molecule has 1 saturated carbocycles. The molecule has 0 spiro atoms. The van der Waals surface area contributed by atoms with E-state index < -0.39 is 10.0 Å². The van der Waals surface area contributed by atoms with Gasteiger partial charge in [0, 0.05) is 25.5 Å². The first-order valence-corrected chi connectivity index (χ1v) is 8.03. The van der Waals surface area contributed by atoms with E-state index in [9.17, 15) is 8.42 Å². The third kappa shape index (κ3) is 2.25. The summed E-state index contributed by atoms with van der Waals surface area (Å²) in [7, 11) is 0.0625. The van der Waals surface area contributed by atoms with Crippen molar-refractivity contribution in [3.8, 4) is 0 Å². The van der Waals surface area contributed by atoms with Crippen molar-refractivity contribution in [2.24, 2.45) is 0 Å². The Labute approximate surface area is 118 Å². The largest absolute Gasteiger partial charge is 0.373 e. The van der Waals surface area contributed by atoms with Gasteiger partial charge in [0.2, 0.25) is 10.0 Å². The van der Waals surface area contributed by atoms with Crippen LogP contribution in [0.1, 0.15) is 12.8 Å². The fourth-order valence-corrected chi connectivity index (χ4v) is 3.66. The number of hydrogen-bond acceptors (Lipinski definition) is 4. The fraction of sp³-hybridized carbons (Fsp3) is 0.357. The molecule has 0 atom stereocenters. The number of sulfonamides is 1. The van der Waals surface area contributed by atoms with Gasteiger partial charge in [-0.2, -0.15) is 4.31 Å². The third-order valence-corrected chi connectivity index (χ3v) is 5.56. The smallest absolute Gasteiger partial charge is 0.243 e. The predicted molar refractivity (Wildman–Crippen MR) is 79.3 cm³/mol. The minimum Gasteiger partial charge on any atom is -0.373 e. The molecule has 106 valence electrons. The maximum absolute atomic E-state index is 12.5. The molecule has 6 heteroatoms. The number of fused-ring (bicyclic) bond motifs is 1. The van der Waals surface area contributed by atoms with E-state index in [2.05, 4.69) is 10.3 Å². The number of anilines is 1. The second kappa shape index (κ2) is 4.71. The van der Waals surface area contributed by atoms with Gasteiger partial charge in [0.1, 0.15) is 5.82 Å². The topological polar surface area (TPSA) is 62.3 Å². The summed E-state index contributed by atoms with van der Waals surface area (Å²) in [5, 5.41) is 3.80. The van der Waals surface area contributed by atoms with Crippen molar-refractivity contribution in [2.75, 3.05) is 19.4 Å². The zero-order valence-electron chi connectivity index (χ0n) is 11.5. The molecule has 1 aliphatic carbocycles. The fourth-order valence-electron chi connectivity index (χ4n) is 2.20. The first-order valence-electron chi connectivity index (χ1n) is 6.59. The van der Waals surface area contributed by atoms with E-state index in [0.29, 0.717) is 4.90 Å². The molecule has 1 aromatic carbocycles. The monoisotopic (exact) mass is 291 g/mol. The predicted octanol–water partition coefficient (Wildman–Crippen LogP) is 2.06. The molecule has 0 aliphatic heterocycles. The molecule has 3 rings (SSSR count). The quantitative estimate of drug-likeness (QED) is 0.936. The molecule has 5 nitrogen and oxygen atoms in total. The Kier molecular flexibility index (Phi) is 3.14. The Hall–Kier alpha value is -1.66. The van der Waals surface area contributed by atoms with Crippen LogP contribution < -0.4 is 5.32 Å². The lowest BCUT2D eigenvalue weighted by Crippen LogP contribution is -2.28. The van der Waals surface area contributed by atoms with E-state index in [1.807, 2.05) is 12.1 Å². The van der Waals surface area contributed by atoms with Gasteiger partial charge in [-0.25, -0.2) is 13.4 Å². The zero-order valence-corrected chi connectivity index (χ0v) is 12.3. The van der Waals surface area contributed by atoms with Crippen LogP contribution >= 0.6 is 0 Å². The molecular formula is C14H17N3O2S. The number of nitrogens with zero attached hydrogens (tertiary/aromatic N) is 2. The van der Waals surface area contributed by atoms with Gasteiger partial charge in [-0.15, -0.1) is 0 Å². The van der Waals surface area contributed by atoms with Gasteiger partial charge >= 0.3 is 0 Å². The van der Waals surface area contributed by atoms with Crippen LogP contribution in [0.15, 0.2) is 35.2 Å². The average molecular weight is 291 g/mol. The van der Waals surface area contributed by atoms with Crippen molar-refractivity contribution in [2.45, 2.75) is 23.8 Å². The molecule has 0 unspecified atom stereocenters. The standard InChI is InChI=1S/C14H17N3O2S/c1-15-14-8-3-10-9-12(6-7-13(10)16-14)20(18,19)17(2)11-4-5-11/h3,6-9,11H,4-5H2,1-2H3,(H,15,16). The van der Waals surface area contributed by atoms with Crippen molar-refractivity contribution in [1.29, 1.82) is 0 Å². The van der Waals surface area contributed by atoms with Crippen molar-refractivity contribution in [3.05, 3.63) is 30.3 Å². The molecule has 0 saturated heterocycles. The lowest BCUT2D eigenvalue weighted by molar-refractivity contribution is 0.464. The summed E-state index contributed by atoms with van der Waals surface area (Å²) < 4.78 is 26.4. The zero-order chi connectivity index (χ0) is 14.3. The molecule has 1 N–H and O–H groups in total. The summed E-state index contributed by atoms with van der Waals surface area (Å²) in [6.45, 7) is 0. The Bertz CT molecular complexity index is 754. The summed E-state index contributed by atoms with van der Waals surface area (Å²) in [4.78, 5) is 4.72. The number of rotatable bonds is 4. The SMILES string of the molecule is CNc1ccc2cc(S(=O)(=O)N(C)C3CC3)ccc2n1. The van der Waals surface area contributed by atoms with Gasteiger partial charge in [0.05, 0.1) is 10.4 Å². The highest BCUT2D eigenvalue weighted by Gasteiger charge is 2.35. The number of benzene rings is 1. The van der Waals surface area contributed by atoms with Crippen molar-refractivity contribution < 1.29 is 8.42 Å². The highest BCUT2D eigenvalue weighted by atomic mass is 32.2. The minimum absolute atomic E-state index is 0.167. The highest BCUT2D eigenvalue weighted by molar-refractivity contribution is 7.89. The molecule has 1 aliphatic rings. The van der Waals surface area contributed by atoms with E-state index in [1.165, 1.54) is 4.31 Å². The van der Waals surface area contributed by atoms with Crippen LogP contribution in [-0.2, 0) is 10.0 Å². The molecule has 1 heterocycles. The second-order valence-corrected chi connectivity index (χ2v) is 7.05. The van der Waals surface area contributed by atoms with E-state index in [1.54, 1.807) is 32.3 Å². The summed E-state index contributed by atoms with van der Waals surface area (Å²) in [5.74, 6) is 0.767. The normalized spacial score (nSPS) is 15.8. The summed E-state index contributed by atoms with van der Waals surface area (Å²) in [5.41, 5.74) is 0.782. The summed E-state index contributed by atoms with van der Waals surface area (Å²) >= 11 is 0. The summed E-state index contributed by atoms with van der Waals surface area (Å²) in [6, 6.07) is 8.96. The lowest BCUT2D eigenvalue weighted by atomic mass is 10.2. The Morgan fingerprint density at radius 1 is 1.25 bits per heavy atom. The van der Waals surface area contributed by atoms with Crippen molar-refractivity contribution >= 4 is 26.7 Å². The van der Waals surface area contributed by atoms with Crippen LogP contribution in [0.5, 0.6) is 0 Å². The van der Waals surface area contributed by atoms with Gasteiger partial charge in [-0.05, 0) is 43.2 Å². The van der Waals surface area contributed by atoms with E-state index in [0.717, 1.165) is 29.6 Å². The highest BCUT2D eigenvalue weighted by Crippen LogP contribution is 2.31. The van der Waals surface area contributed by atoms with Crippen LogP contribution in [0.4, 0.5) is 5.82 Å². The number of nitrogens with one attached hydrogen (secondary N) is 1. The average Bonchev–Trinajstić information content (AvgIpc) is 3.29. The van der Waals surface area contributed by atoms with E-state index >= 15 is 0 Å². The minimum atomic E-state index is -3.39. The molecule has 0 bridgehead atoms. The molecule has 0 amide bonds. The molecule has 0 radical (unpaired) electrons. The first kappa shape index (κ1) is 13.3. The van der Waals surface area contributed by atoms with E-state index in [4.69, 9.17) is 0 Å². The van der Waals surface area contributed by atoms with Crippen LogP contribution in [-0.4, -0.2) is 37.8 Å². The number of pyridine rings is 1. The first-order chi connectivity index (χ1) is 9.52. The lowest BCUT2D eigenvalue weighted by Gasteiger charge is -2.16. The molecule has 1 fully saturated rings. The van der Waals surface area contributed by atoms with Crippen molar-refractivity contribution in [1.82, 2.24) is 9.29 Å². The Balaban J connectivity index is 2.04. The number of hydrogen-bond donors (Lipinski definition) is 1. The van der Waals surface area contributed by atoms with Gasteiger partial charge in [-0.3, -0.25) is 0 Å². The molecule has 1 aromatic heterocycles. The molecule has 2 aromatic rings. The van der Waals surface area contributed by atoms with Crippen LogP contribution in [0, 0.1) is 0 Å². The Morgan fingerprint density at radius 3 is 2.65 bits per heavy atom. The molecule has 20 heavy (non-hydrogen) atoms.